The largest absolute Gasteiger partial charge is 0.285 e. The van der Waals surface area contributed by atoms with E-state index >= 15 is 0 Å². The molecule has 26 heavy (non-hydrogen) atoms. The van der Waals surface area contributed by atoms with Gasteiger partial charge in [-0.25, -0.2) is 0 Å². The molecule has 1 aromatic rings. The number of hydrogen-bond donors (Lipinski definition) is 0. The molecule has 0 radical (unpaired) electrons. The van der Waals surface area contributed by atoms with Gasteiger partial charge in [0.2, 0.25) is 0 Å². The Morgan fingerprint density at radius 3 is 1.96 bits per heavy atom. The molecule has 2 amide bonds. The van der Waals surface area contributed by atoms with Crippen LogP contribution in [0.25, 0.3) is 6.08 Å². The summed E-state index contributed by atoms with van der Waals surface area (Å²) < 4.78 is 0. The molecule has 138 valence electrons. The van der Waals surface area contributed by atoms with Crippen LogP contribution in [-0.2, 0) is 9.59 Å². The number of carbonyl (C=O) groups is 2. The van der Waals surface area contributed by atoms with E-state index in [9.17, 15) is 9.59 Å². The number of rotatable bonds is 8. The topological polar surface area (TPSA) is 40.6 Å². The van der Waals surface area contributed by atoms with Crippen molar-refractivity contribution in [3.63, 3.8) is 0 Å². The highest BCUT2D eigenvalue weighted by Crippen LogP contribution is 2.19. The van der Waals surface area contributed by atoms with Crippen molar-refractivity contribution in [2.24, 2.45) is 0 Å². The summed E-state index contributed by atoms with van der Waals surface area (Å²) in [4.78, 5) is 28.7. The lowest BCUT2D eigenvalue weighted by atomic mass is 10.1. The van der Waals surface area contributed by atoms with Crippen LogP contribution in [0, 0.1) is 0 Å². The van der Waals surface area contributed by atoms with Gasteiger partial charge in [-0.1, -0.05) is 69.2 Å². The first-order chi connectivity index (χ1) is 12.6. The van der Waals surface area contributed by atoms with Crippen molar-refractivity contribution in [1.29, 1.82) is 0 Å². The van der Waals surface area contributed by atoms with Crippen LogP contribution in [0.2, 0.25) is 0 Å². The fourth-order valence-corrected chi connectivity index (χ4v) is 3.04. The Bertz CT molecular complexity index is 678. The Kier molecular flexibility index (Phi) is 7.73. The van der Waals surface area contributed by atoms with Crippen molar-refractivity contribution in [2.75, 3.05) is 13.1 Å². The minimum Gasteiger partial charge on any atom is -0.285 e. The normalized spacial score (nSPS) is 15.3. The quantitative estimate of drug-likeness (QED) is 0.391. The van der Waals surface area contributed by atoms with Crippen molar-refractivity contribution in [2.45, 2.75) is 39.5 Å². The van der Waals surface area contributed by atoms with Gasteiger partial charge in [0.25, 0.3) is 11.8 Å². The molecule has 0 bridgehead atoms. The maximum atomic E-state index is 12.8. The second-order valence-corrected chi connectivity index (χ2v) is 6.62. The molecule has 1 aromatic carbocycles. The van der Waals surface area contributed by atoms with Crippen molar-refractivity contribution in [1.82, 2.24) is 9.80 Å². The predicted molar refractivity (Wildman–Crippen MR) is 109 cm³/mol. The molecule has 0 atom stereocenters. The fourth-order valence-electron chi connectivity index (χ4n) is 2.69. The van der Waals surface area contributed by atoms with E-state index in [2.05, 4.69) is 13.8 Å². The summed E-state index contributed by atoms with van der Waals surface area (Å²) in [6.07, 6.45) is 8.88. The van der Waals surface area contributed by atoms with E-state index in [-0.39, 0.29) is 17.4 Å². The smallest absolute Gasteiger partial charge is 0.265 e. The van der Waals surface area contributed by atoms with Crippen LogP contribution in [0.15, 0.2) is 48.1 Å². The molecule has 0 saturated carbocycles. The molecule has 2 rings (SSSR count). The third-order valence-electron chi connectivity index (χ3n) is 4.23. The summed E-state index contributed by atoms with van der Waals surface area (Å²) in [5.74, 6) is -0.585. The number of carbonyl (C=O) groups excluding carboxylic acids is 2. The van der Waals surface area contributed by atoms with Crippen molar-refractivity contribution in [3.8, 4) is 0 Å². The van der Waals surface area contributed by atoms with Crippen molar-refractivity contribution < 1.29 is 9.59 Å². The van der Waals surface area contributed by atoms with Crippen LogP contribution in [-0.4, -0.2) is 39.8 Å². The first-order valence-electron chi connectivity index (χ1n) is 9.21. The van der Waals surface area contributed by atoms with Gasteiger partial charge in [-0.05, 0) is 36.7 Å². The van der Waals surface area contributed by atoms with E-state index in [4.69, 9.17) is 12.2 Å². The summed E-state index contributed by atoms with van der Waals surface area (Å²) in [6, 6.07) is 9.77. The summed E-state index contributed by atoms with van der Waals surface area (Å²) >= 11 is 5.44. The van der Waals surface area contributed by atoms with E-state index in [1.807, 2.05) is 36.4 Å². The SMILES string of the molecule is CCCCN1C(=O)C(=C/C=C\c2ccccc2)C(=O)N(CCCC)C1=S. The van der Waals surface area contributed by atoms with Gasteiger partial charge in [-0.15, -0.1) is 0 Å². The number of hydrogen-bond acceptors (Lipinski definition) is 3. The Morgan fingerprint density at radius 2 is 1.46 bits per heavy atom. The molecule has 1 saturated heterocycles. The molecule has 4 nitrogen and oxygen atoms in total. The predicted octanol–water partition coefficient (Wildman–Crippen LogP) is 4.18. The number of allylic oxidation sites excluding steroid dienone is 2. The van der Waals surface area contributed by atoms with Crippen LogP contribution in [0.4, 0.5) is 0 Å². The lowest BCUT2D eigenvalue weighted by molar-refractivity contribution is -0.133. The van der Waals surface area contributed by atoms with Gasteiger partial charge in [0.05, 0.1) is 0 Å². The number of unbranched alkanes of at least 4 members (excludes halogenated alkanes) is 2. The molecule has 0 aromatic heterocycles. The van der Waals surface area contributed by atoms with Gasteiger partial charge in [0.1, 0.15) is 5.57 Å². The van der Waals surface area contributed by atoms with Gasteiger partial charge in [0.15, 0.2) is 5.11 Å². The molecular weight excluding hydrogens is 344 g/mol. The highest BCUT2D eigenvalue weighted by atomic mass is 32.1. The van der Waals surface area contributed by atoms with Crippen LogP contribution in [0.1, 0.15) is 45.1 Å². The molecule has 5 heteroatoms. The zero-order chi connectivity index (χ0) is 18.9. The number of thiocarbonyl (C=S) groups is 1. The average Bonchev–Trinajstić information content (AvgIpc) is 2.65. The standard InChI is InChI=1S/C21H26N2O2S/c1-3-5-15-22-19(24)18(14-10-13-17-11-8-7-9-12-17)20(25)23(21(22)26)16-6-4-2/h7-14H,3-6,15-16H2,1-2H3/b13-10-. The van der Waals surface area contributed by atoms with Crippen molar-refractivity contribution in [3.05, 3.63) is 53.6 Å². The van der Waals surface area contributed by atoms with Gasteiger partial charge in [-0.3, -0.25) is 19.4 Å². The zero-order valence-corrected chi connectivity index (χ0v) is 16.3. The van der Waals surface area contributed by atoms with Gasteiger partial charge >= 0.3 is 0 Å². The van der Waals surface area contributed by atoms with Crippen LogP contribution in [0.5, 0.6) is 0 Å². The van der Waals surface area contributed by atoms with E-state index in [0.29, 0.717) is 18.2 Å². The van der Waals surface area contributed by atoms with Gasteiger partial charge < -0.3 is 0 Å². The highest BCUT2D eigenvalue weighted by molar-refractivity contribution is 7.80. The number of benzene rings is 1. The maximum absolute atomic E-state index is 12.8. The second-order valence-electron chi connectivity index (χ2n) is 6.25. The molecule has 1 fully saturated rings. The summed E-state index contributed by atoms with van der Waals surface area (Å²) in [5, 5.41) is 0.339. The third-order valence-corrected chi connectivity index (χ3v) is 4.68. The van der Waals surface area contributed by atoms with Gasteiger partial charge in [0, 0.05) is 13.1 Å². The van der Waals surface area contributed by atoms with E-state index < -0.39 is 0 Å². The fraction of sp³-hybridized carbons (Fsp3) is 0.381. The summed E-state index contributed by atoms with van der Waals surface area (Å²) in [7, 11) is 0. The second kappa shape index (κ2) is 10.0. The summed E-state index contributed by atoms with van der Waals surface area (Å²) in [6.45, 7) is 5.22. The lowest BCUT2D eigenvalue weighted by Gasteiger charge is -2.36. The number of amides is 2. The molecule has 0 N–H and O–H groups in total. The Morgan fingerprint density at radius 1 is 0.923 bits per heavy atom. The molecule has 0 unspecified atom stereocenters. The minimum absolute atomic E-state index is 0.179. The molecular formula is C21H26N2O2S. The van der Waals surface area contributed by atoms with E-state index in [0.717, 1.165) is 31.2 Å². The molecule has 1 aliphatic heterocycles. The molecule has 1 heterocycles. The van der Waals surface area contributed by atoms with Crippen LogP contribution >= 0.6 is 12.2 Å². The Balaban J connectivity index is 2.27. The summed E-state index contributed by atoms with van der Waals surface area (Å²) in [5.41, 5.74) is 1.19. The van der Waals surface area contributed by atoms with Crippen LogP contribution < -0.4 is 0 Å². The number of nitrogens with zero attached hydrogens (tertiary/aromatic N) is 2. The Labute approximate surface area is 161 Å². The van der Waals surface area contributed by atoms with E-state index in [1.165, 1.54) is 0 Å². The molecule has 0 aliphatic carbocycles. The van der Waals surface area contributed by atoms with Crippen LogP contribution in [0.3, 0.4) is 0 Å². The Hall–Kier alpha value is -2.27. The molecule has 1 aliphatic rings. The van der Waals surface area contributed by atoms with Crippen molar-refractivity contribution >= 4 is 35.2 Å². The monoisotopic (exact) mass is 370 g/mol. The first-order valence-corrected chi connectivity index (χ1v) is 9.62. The zero-order valence-electron chi connectivity index (χ0n) is 15.5. The highest BCUT2D eigenvalue weighted by Gasteiger charge is 2.38. The van der Waals surface area contributed by atoms with Gasteiger partial charge in [-0.2, -0.15) is 0 Å². The first kappa shape index (κ1) is 20.0. The third kappa shape index (κ3) is 4.88. The lowest BCUT2D eigenvalue weighted by Crippen LogP contribution is -2.56. The molecule has 0 spiro atoms. The minimum atomic E-state index is -0.293. The maximum Gasteiger partial charge on any atom is 0.265 e. The van der Waals surface area contributed by atoms with E-state index in [1.54, 1.807) is 22.0 Å². The average molecular weight is 371 g/mol.